The van der Waals surface area contributed by atoms with Crippen LogP contribution in [0.1, 0.15) is 31.0 Å². The van der Waals surface area contributed by atoms with Gasteiger partial charge in [0.25, 0.3) is 0 Å². The maximum absolute atomic E-state index is 11.1. The predicted molar refractivity (Wildman–Crippen MR) is 53.0 cm³/mol. The Kier molecular flexibility index (Phi) is 4.17. The van der Waals surface area contributed by atoms with E-state index in [-0.39, 0.29) is 6.42 Å². The normalized spacial score (nSPS) is 12.2. The number of aryl methyl sites for hydroxylation is 1. The van der Waals surface area contributed by atoms with Crippen molar-refractivity contribution in [2.24, 2.45) is 0 Å². The zero-order chi connectivity index (χ0) is 11.3. The first-order chi connectivity index (χ1) is 7.13. The molecule has 0 saturated heterocycles. The fourth-order valence-corrected chi connectivity index (χ4v) is 1.14. The minimum atomic E-state index is -0.925. The van der Waals surface area contributed by atoms with Gasteiger partial charge in [0.2, 0.25) is 0 Å². The highest BCUT2D eigenvalue weighted by Gasteiger charge is 2.15. The van der Waals surface area contributed by atoms with Gasteiger partial charge in [-0.05, 0) is 19.9 Å². The summed E-state index contributed by atoms with van der Waals surface area (Å²) in [4.78, 5) is 19.0. The summed E-state index contributed by atoms with van der Waals surface area (Å²) in [5.74, 6) is 0.136. The molecule has 0 spiro atoms. The van der Waals surface area contributed by atoms with Gasteiger partial charge in [0.1, 0.15) is 11.9 Å². The van der Waals surface area contributed by atoms with Crippen LogP contribution in [0.2, 0.25) is 0 Å². The van der Waals surface area contributed by atoms with Crippen LogP contribution in [0, 0.1) is 6.92 Å². The molecule has 0 aliphatic heterocycles. The third-order valence-corrected chi connectivity index (χ3v) is 1.80. The van der Waals surface area contributed by atoms with Crippen molar-refractivity contribution in [1.29, 1.82) is 0 Å². The molecule has 0 amide bonds. The second kappa shape index (κ2) is 5.41. The lowest BCUT2D eigenvalue weighted by Gasteiger charge is -2.09. The number of aromatic nitrogens is 2. The van der Waals surface area contributed by atoms with Gasteiger partial charge in [-0.3, -0.25) is 4.79 Å². The number of carbonyl (C=O) groups is 1. The van der Waals surface area contributed by atoms with Gasteiger partial charge in [-0.1, -0.05) is 0 Å². The number of carbonyl (C=O) groups excluding carboxylic acids is 1. The van der Waals surface area contributed by atoms with E-state index in [9.17, 15) is 9.90 Å². The Labute approximate surface area is 88.1 Å². The number of aliphatic hydroxyl groups is 1. The maximum Gasteiger partial charge on any atom is 0.308 e. The van der Waals surface area contributed by atoms with Crippen molar-refractivity contribution >= 4 is 5.97 Å². The lowest BCUT2D eigenvalue weighted by molar-refractivity contribution is -0.145. The van der Waals surface area contributed by atoms with Gasteiger partial charge in [-0.25, -0.2) is 9.97 Å². The quantitative estimate of drug-likeness (QED) is 0.743. The smallest absolute Gasteiger partial charge is 0.308 e. The fourth-order valence-electron chi connectivity index (χ4n) is 1.14. The summed E-state index contributed by atoms with van der Waals surface area (Å²) < 4.78 is 4.72. The summed E-state index contributed by atoms with van der Waals surface area (Å²) in [6, 6.07) is 1.58. The molecule has 0 bridgehead atoms. The van der Waals surface area contributed by atoms with E-state index in [0.29, 0.717) is 18.1 Å². The van der Waals surface area contributed by atoms with Gasteiger partial charge in [-0.2, -0.15) is 0 Å². The van der Waals surface area contributed by atoms with Crippen LogP contribution in [0.3, 0.4) is 0 Å². The lowest BCUT2D eigenvalue weighted by Crippen LogP contribution is -2.11. The van der Waals surface area contributed by atoms with Gasteiger partial charge in [0.05, 0.1) is 18.7 Å². The van der Waals surface area contributed by atoms with E-state index >= 15 is 0 Å². The summed E-state index contributed by atoms with van der Waals surface area (Å²) in [7, 11) is 0. The molecular weight excluding hydrogens is 196 g/mol. The van der Waals surface area contributed by atoms with E-state index in [1.165, 1.54) is 0 Å². The first-order valence-electron chi connectivity index (χ1n) is 4.76. The molecule has 82 valence electrons. The van der Waals surface area contributed by atoms with E-state index in [1.54, 1.807) is 26.1 Å². The van der Waals surface area contributed by atoms with Crippen LogP contribution in [0.25, 0.3) is 0 Å². The third kappa shape index (κ3) is 3.63. The Balaban J connectivity index is 2.60. The van der Waals surface area contributed by atoms with Crippen LogP contribution in [0.15, 0.2) is 12.3 Å². The molecule has 1 aromatic rings. The summed E-state index contributed by atoms with van der Waals surface area (Å²) in [5.41, 5.74) is 0.440. The standard InChI is InChI=1S/C10H14N2O3/c1-3-15-10(14)6-9(13)8-4-5-11-7(2)12-8/h4-5,9,13H,3,6H2,1-2H3. The molecule has 5 heteroatoms. The lowest BCUT2D eigenvalue weighted by atomic mass is 10.2. The Morgan fingerprint density at radius 2 is 2.40 bits per heavy atom. The number of nitrogens with zero attached hydrogens (tertiary/aromatic N) is 2. The minimum absolute atomic E-state index is 0.0791. The van der Waals surface area contributed by atoms with Gasteiger partial charge in [0.15, 0.2) is 0 Å². The van der Waals surface area contributed by atoms with E-state index in [4.69, 9.17) is 4.74 Å². The number of aliphatic hydroxyl groups excluding tert-OH is 1. The van der Waals surface area contributed by atoms with Crippen LogP contribution in [0.4, 0.5) is 0 Å². The van der Waals surface area contributed by atoms with E-state index in [1.807, 2.05) is 0 Å². The highest BCUT2D eigenvalue weighted by Crippen LogP contribution is 2.14. The number of rotatable bonds is 4. The predicted octanol–water partition coefficient (Wildman–Crippen LogP) is 0.772. The van der Waals surface area contributed by atoms with Crippen molar-refractivity contribution in [2.45, 2.75) is 26.4 Å². The van der Waals surface area contributed by atoms with Crippen molar-refractivity contribution in [1.82, 2.24) is 9.97 Å². The van der Waals surface area contributed by atoms with E-state index in [0.717, 1.165) is 0 Å². The molecule has 1 N–H and O–H groups in total. The molecule has 0 aliphatic rings. The molecule has 15 heavy (non-hydrogen) atoms. The zero-order valence-electron chi connectivity index (χ0n) is 8.80. The molecule has 0 aromatic carbocycles. The largest absolute Gasteiger partial charge is 0.466 e. The first kappa shape index (κ1) is 11.6. The van der Waals surface area contributed by atoms with Crippen molar-refractivity contribution in [3.63, 3.8) is 0 Å². The number of hydrogen-bond acceptors (Lipinski definition) is 5. The number of esters is 1. The Morgan fingerprint density at radius 3 is 3.00 bits per heavy atom. The van der Waals surface area contributed by atoms with Crippen molar-refractivity contribution in [3.05, 3.63) is 23.8 Å². The molecule has 1 unspecified atom stereocenters. The summed E-state index contributed by atoms with van der Waals surface area (Å²) >= 11 is 0. The minimum Gasteiger partial charge on any atom is -0.466 e. The van der Waals surface area contributed by atoms with Crippen LogP contribution in [-0.2, 0) is 9.53 Å². The molecule has 5 nitrogen and oxygen atoms in total. The fraction of sp³-hybridized carbons (Fsp3) is 0.500. The molecule has 1 aromatic heterocycles. The summed E-state index contributed by atoms with van der Waals surface area (Å²) in [6.07, 6.45) is 0.543. The average molecular weight is 210 g/mol. The van der Waals surface area contributed by atoms with Gasteiger partial charge >= 0.3 is 5.97 Å². The SMILES string of the molecule is CCOC(=O)CC(O)c1ccnc(C)n1. The monoisotopic (exact) mass is 210 g/mol. The molecule has 0 fully saturated rings. The molecular formula is C10H14N2O3. The van der Waals surface area contributed by atoms with Crippen molar-refractivity contribution in [3.8, 4) is 0 Å². The molecule has 1 rings (SSSR count). The molecule has 0 radical (unpaired) electrons. The third-order valence-electron chi connectivity index (χ3n) is 1.80. The molecule has 0 aliphatic carbocycles. The highest BCUT2D eigenvalue weighted by atomic mass is 16.5. The van der Waals surface area contributed by atoms with Crippen molar-refractivity contribution in [2.75, 3.05) is 6.61 Å². The summed E-state index contributed by atoms with van der Waals surface area (Å²) in [6.45, 7) is 3.76. The number of ether oxygens (including phenoxy) is 1. The molecule has 1 atom stereocenters. The van der Waals surface area contributed by atoms with Crippen LogP contribution in [0.5, 0.6) is 0 Å². The zero-order valence-corrected chi connectivity index (χ0v) is 8.80. The van der Waals surface area contributed by atoms with Crippen LogP contribution < -0.4 is 0 Å². The average Bonchev–Trinajstić information content (AvgIpc) is 2.18. The van der Waals surface area contributed by atoms with Crippen LogP contribution >= 0.6 is 0 Å². The van der Waals surface area contributed by atoms with Gasteiger partial charge in [0, 0.05) is 6.20 Å². The van der Waals surface area contributed by atoms with Crippen molar-refractivity contribution < 1.29 is 14.6 Å². The maximum atomic E-state index is 11.1. The summed E-state index contributed by atoms with van der Waals surface area (Å²) in [5, 5.41) is 9.65. The highest BCUT2D eigenvalue weighted by molar-refractivity contribution is 5.70. The van der Waals surface area contributed by atoms with Crippen LogP contribution in [-0.4, -0.2) is 27.7 Å². The second-order valence-electron chi connectivity index (χ2n) is 3.05. The first-order valence-corrected chi connectivity index (χ1v) is 4.76. The Bertz CT molecular complexity index is 341. The topological polar surface area (TPSA) is 72.3 Å². The molecule has 1 heterocycles. The van der Waals surface area contributed by atoms with Gasteiger partial charge < -0.3 is 9.84 Å². The Hall–Kier alpha value is -1.49. The van der Waals surface area contributed by atoms with Gasteiger partial charge in [-0.15, -0.1) is 0 Å². The second-order valence-corrected chi connectivity index (χ2v) is 3.05. The number of hydrogen-bond donors (Lipinski definition) is 1. The Morgan fingerprint density at radius 1 is 1.67 bits per heavy atom. The van der Waals surface area contributed by atoms with E-state index < -0.39 is 12.1 Å². The van der Waals surface area contributed by atoms with E-state index in [2.05, 4.69) is 9.97 Å². The molecule has 0 saturated carbocycles.